The van der Waals surface area contributed by atoms with Crippen molar-refractivity contribution in [2.45, 2.75) is 13.8 Å². The first-order valence-corrected chi connectivity index (χ1v) is 10.1. The maximum Gasteiger partial charge on any atom is 0.245 e. The van der Waals surface area contributed by atoms with Crippen molar-refractivity contribution >= 4 is 33.0 Å². The summed E-state index contributed by atoms with van der Waals surface area (Å²) in [4.78, 5) is 14.4. The van der Waals surface area contributed by atoms with Gasteiger partial charge in [0.25, 0.3) is 0 Å². The van der Waals surface area contributed by atoms with E-state index in [0.717, 1.165) is 27.4 Å². The maximum absolute atomic E-state index is 12.4. The van der Waals surface area contributed by atoms with Gasteiger partial charge in [-0.2, -0.15) is 0 Å². The quantitative estimate of drug-likeness (QED) is 0.843. The summed E-state index contributed by atoms with van der Waals surface area (Å²) >= 11 is 0. The van der Waals surface area contributed by atoms with Crippen molar-refractivity contribution in [2.75, 3.05) is 41.4 Å². The zero-order valence-electron chi connectivity index (χ0n) is 15.8. The van der Waals surface area contributed by atoms with Gasteiger partial charge in [0.1, 0.15) is 6.54 Å². The summed E-state index contributed by atoms with van der Waals surface area (Å²) in [6.07, 6.45) is 1.11. The standard InChI is InChI=1S/C19H25N3O3S/c1-14-7-6-8-18(15(14)2)22(26(5,24)25)13-19(23)20-16-9-11-17(12-10-16)21(3)4/h6-12H,13H2,1-5H3,(H,20,23). The third-order valence-corrected chi connectivity index (χ3v) is 5.33. The zero-order valence-corrected chi connectivity index (χ0v) is 16.6. The van der Waals surface area contributed by atoms with Gasteiger partial charge in [0.2, 0.25) is 15.9 Å². The fourth-order valence-electron chi connectivity index (χ4n) is 2.56. The maximum atomic E-state index is 12.4. The van der Waals surface area contributed by atoms with E-state index in [-0.39, 0.29) is 6.54 Å². The van der Waals surface area contributed by atoms with Crippen LogP contribution in [0.25, 0.3) is 0 Å². The fourth-order valence-corrected chi connectivity index (χ4v) is 3.47. The van der Waals surface area contributed by atoms with Crippen LogP contribution in [0.2, 0.25) is 0 Å². The molecule has 0 spiro atoms. The van der Waals surface area contributed by atoms with Crippen LogP contribution in [0.15, 0.2) is 42.5 Å². The van der Waals surface area contributed by atoms with Crippen molar-refractivity contribution in [1.82, 2.24) is 0 Å². The Bertz CT molecular complexity index is 891. The Morgan fingerprint density at radius 3 is 2.19 bits per heavy atom. The summed E-state index contributed by atoms with van der Waals surface area (Å²) in [6, 6.07) is 12.7. The van der Waals surface area contributed by atoms with Crippen molar-refractivity contribution in [2.24, 2.45) is 0 Å². The predicted octanol–water partition coefficient (Wildman–Crippen LogP) is 2.77. The lowest BCUT2D eigenvalue weighted by molar-refractivity contribution is -0.114. The number of nitrogens with zero attached hydrogens (tertiary/aromatic N) is 2. The monoisotopic (exact) mass is 375 g/mol. The van der Waals surface area contributed by atoms with Gasteiger partial charge in [-0.25, -0.2) is 8.42 Å². The summed E-state index contributed by atoms with van der Waals surface area (Å²) in [6.45, 7) is 3.48. The number of hydrogen-bond acceptors (Lipinski definition) is 4. The van der Waals surface area contributed by atoms with Crippen molar-refractivity contribution in [3.8, 4) is 0 Å². The molecule has 0 aliphatic rings. The summed E-state index contributed by atoms with van der Waals surface area (Å²) < 4.78 is 25.6. The fraction of sp³-hybridized carbons (Fsp3) is 0.316. The van der Waals surface area contributed by atoms with E-state index in [9.17, 15) is 13.2 Å². The highest BCUT2D eigenvalue weighted by atomic mass is 32.2. The third kappa shape index (κ3) is 4.76. The Kier molecular flexibility index (Phi) is 5.92. The summed E-state index contributed by atoms with van der Waals surface area (Å²) in [5, 5.41) is 2.75. The molecule has 0 unspecified atom stereocenters. The second-order valence-corrected chi connectivity index (χ2v) is 8.38. The van der Waals surface area contributed by atoms with E-state index in [1.54, 1.807) is 24.3 Å². The van der Waals surface area contributed by atoms with Crippen LogP contribution in [-0.4, -0.2) is 41.2 Å². The smallest absolute Gasteiger partial charge is 0.245 e. The topological polar surface area (TPSA) is 69.7 Å². The first-order chi connectivity index (χ1) is 12.1. The number of carbonyl (C=O) groups excluding carboxylic acids is 1. The lowest BCUT2D eigenvalue weighted by Gasteiger charge is -2.24. The van der Waals surface area contributed by atoms with E-state index in [0.29, 0.717) is 11.4 Å². The van der Waals surface area contributed by atoms with E-state index >= 15 is 0 Å². The highest BCUT2D eigenvalue weighted by molar-refractivity contribution is 7.92. The van der Waals surface area contributed by atoms with Gasteiger partial charge >= 0.3 is 0 Å². The molecule has 7 heteroatoms. The summed E-state index contributed by atoms with van der Waals surface area (Å²) in [5.41, 5.74) is 3.95. The number of benzene rings is 2. The van der Waals surface area contributed by atoms with Gasteiger partial charge < -0.3 is 10.2 Å². The summed E-state index contributed by atoms with van der Waals surface area (Å²) in [5.74, 6) is -0.395. The predicted molar refractivity (Wildman–Crippen MR) is 108 cm³/mol. The Labute approximate surface area is 155 Å². The SMILES string of the molecule is Cc1cccc(N(CC(=O)Nc2ccc(N(C)C)cc2)S(C)(=O)=O)c1C. The first kappa shape index (κ1) is 19.8. The molecule has 0 fully saturated rings. The second-order valence-electron chi connectivity index (χ2n) is 6.48. The second kappa shape index (κ2) is 7.78. The van der Waals surface area contributed by atoms with Crippen molar-refractivity contribution in [3.63, 3.8) is 0 Å². The van der Waals surface area contributed by atoms with Crippen LogP contribution in [0.5, 0.6) is 0 Å². The molecular weight excluding hydrogens is 350 g/mol. The zero-order chi connectivity index (χ0) is 19.5. The number of hydrogen-bond donors (Lipinski definition) is 1. The largest absolute Gasteiger partial charge is 0.378 e. The van der Waals surface area contributed by atoms with Crippen LogP contribution in [0.1, 0.15) is 11.1 Å². The lowest BCUT2D eigenvalue weighted by atomic mass is 10.1. The molecule has 2 aromatic rings. The molecule has 0 aliphatic carbocycles. The molecule has 2 rings (SSSR count). The van der Waals surface area contributed by atoms with Crippen molar-refractivity contribution in [1.29, 1.82) is 0 Å². The van der Waals surface area contributed by atoms with E-state index in [1.807, 2.05) is 51.0 Å². The number of rotatable bonds is 6. The number of amides is 1. The third-order valence-electron chi connectivity index (χ3n) is 4.20. The van der Waals surface area contributed by atoms with Gasteiger partial charge in [0.05, 0.1) is 11.9 Å². The number of sulfonamides is 1. The van der Waals surface area contributed by atoms with Crippen LogP contribution in [0.4, 0.5) is 17.1 Å². The number of anilines is 3. The number of nitrogens with one attached hydrogen (secondary N) is 1. The average molecular weight is 375 g/mol. The molecule has 1 N–H and O–H groups in total. The molecule has 0 aliphatic heterocycles. The molecule has 0 radical (unpaired) electrons. The normalized spacial score (nSPS) is 11.1. The van der Waals surface area contributed by atoms with E-state index in [4.69, 9.17) is 0 Å². The molecule has 0 heterocycles. The van der Waals surface area contributed by atoms with E-state index < -0.39 is 15.9 Å². The molecule has 0 saturated carbocycles. The van der Waals surface area contributed by atoms with Crippen LogP contribution in [0.3, 0.4) is 0 Å². The highest BCUT2D eigenvalue weighted by Crippen LogP contribution is 2.25. The van der Waals surface area contributed by atoms with Gasteiger partial charge in [-0.15, -0.1) is 0 Å². The van der Waals surface area contributed by atoms with Gasteiger partial charge in [-0.3, -0.25) is 9.10 Å². The minimum absolute atomic E-state index is 0.279. The van der Waals surface area contributed by atoms with Crippen LogP contribution >= 0.6 is 0 Å². The Morgan fingerprint density at radius 1 is 1.04 bits per heavy atom. The van der Waals surface area contributed by atoms with Crippen molar-refractivity contribution in [3.05, 3.63) is 53.6 Å². The van der Waals surface area contributed by atoms with E-state index in [2.05, 4.69) is 5.32 Å². The molecule has 0 saturated heterocycles. The lowest BCUT2D eigenvalue weighted by Crippen LogP contribution is -2.38. The van der Waals surface area contributed by atoms with E-state index in [1.165, 1.54) is 0 Å². The Morgan fingerprint density at radius 2 is 1.65 bits per heavy atom. The average Bonchev–Trinajstić information content (AvgIpc) is 2.55. The van der Waals surface area contributed by atoms with Gasteiger partial charge in [-0.05, 0) is 55.3 Å². The van der Waals surface area contributed by atoms with Crippen molar-refractivity contribution < 1.29 is 13.2 Å². The Balaban J connectivity index is 2.21. The molecule has 0 aromatic heterocycles. The molecular formula is C19H25N3O3S. The molecule has 140 valence electrons. The number of carbonyl (C=O) groups is 1. The molecule has 2 aromatic carbocycles. The first-order valence-electron chi connectivity index (χ1n) is 8.21. The van der Waals surface area contributed by atoms with Crippen LogP contribution < -0.4 is 14.5 Å². The Hall–Kier alpha value is -2.54. The molecule has 1 amide bonds. The molecule has 0 atom stereocenters. The van der Waals surface area contributed by atoms with Gasteiger partial charge in [-0.1, -0.05) is 12.1 Å². The summed E-state index contributed by atoms with van der Waals surface area (Å²) in [7, 11) is 0.268. The van der Waals surface area contributed by atoms with Crippen LogP contribution in [0, 0.1) is 13.8 Å². The van der Waals surface area contributed by atoms with Crippen LogP contribution in [-0.2, 0) is 14.8 Å². The van der Waals surface area contributed by atoms with Gasteiger partial charge in [0.15, 0.2) is 0 Å². The minimum Gasteiger partial charge on any atom is -0.378 e. The highest BCUT2D eigenvalue weighted by Gasteiger charge is 2.22. The number of aryl methyl sites for hydroxylation is 1. The molecule has 0 bridgehead atoms. The molecule has 26 heavy (non-hydrogen) atoms. The van der Waals surface area contributed by atoms with Gasteiger partial charge in [0, 0.05) is 25.5 Å². The molecule has 6 nitrogen and oxygen atoms in total. The minimum atomic E-state index is -3.60.